The molecule has 0 radical (unpaired) electrons. The normalized spacial score (nSPS) is 13.1. The van der Waals surface area contributed by atoms with E-state index in [9.17, 15) is 9.18 Å². The molecule has 1 aliphatic rings. The summed E-state index contributed by atoms with van der Waals surface area (Å²) < 4.78 is 18.6. The second-order valence-electron chi connectivity index (χ2n) is 4.94. The molecule has 2 aromatic rings. The van der Waals surface area contributed by atoms with E-state index in [4.69, 9.17) is 10.5 Å². The van der Waals surface area contributed by atoms with Crippen LogP contribution in [-0.4, -0.2) is 19.6 Å². The average molecular weight is 286 g/mol. The Balaban J connectivity index is 2.02. The fraction of sp³-hybridized carbons (Fsp3) is 0.188. The minimum Gasteiger partial charge on any atom is -0.496 e. The van der Waals surface area contributed by atoms with Crippen LogP contribution in [0, 0.1) is 5.82 Å². The summed E-state index contributed by atoms with van der Waals surface area (Å²) in [5, 5.41) is 0. The summed E-state index contributed by atoms with van der Waals surface area (Å²) in [5.41, 5.74) is 8.20. The summed E-state index contributed by atoms with van der Waals surface area (Å²) in [6, 6.07) is 9.43. The molecule has 2 N–H and O–H groups in total. The lowest BCUT2D eigenvalue weighted by Crippen LogP contribution is -2.29. The van der Waals surface area contributed by atoms with Gasteiger partial charge in [-0.1, -0.05) is 6.07 Å². The van der Waals surface area contributed by atoms with Gasteiger partial charge in [0.2, 0.25) is 0 Å². The molecule has 21 heavy (non-hydrogen) atoms. The van der Waals surface area contributed by atoms with E-state index in [1.807, 2.05) is 0 Å². The first-order valence-corrected chi connectivity index (χ1v) is 6.64. The van der Waals surface area contributed by atoms with E-state index in [-0.39, 0.29) is 11.7 Å². The van der Waals surface area contributed by atoms with Crippen LogP contribution in [0.1, 0.15) is 15.9 Å². The molecule has 5 heteroatoms. The fourth-order valence-electron chi connectivity index (χ4n) is 2.60. The van der Waals surface area contributed by atoms with Gasteiger partial charge in [-0.15, -0.1) is 0 Å². The first-order valence-electron chi connectivity index (χ1n) is 6.64. The number of nitrogen functional groups attached to an aromatic ring is 1. The van der Waals surface area contributed by atoms with Gasteiger partial charge in [0.1, 0.15) is 11.6 Å². The molecule has 2 aromatic carbocycles. The summed E-state index contributed by atoms with van der Waals surface area (Å²) in [6.45, 7) is 0.523. The zero-order valence-electron chi connectivity index (χ0n) is 11.6. The highest BCUT2D eigenvalue weighted by Gasteiger charge is 2.27. The predicted molar refractivity (Wildman–Crippen MR) is 79.2 cm³/mol. The number of carbonyl (C=O) groups is 1. The molecule has 0 bridgehead atoms. The van der Waals surface area contributed by atoms with Crippen LogP contribution in [0.5, 0.6) is 5.75 Å². The Morgan fingerprint density at radius 3 is 2.86 bits per heavy atom. The Labute approximate surface area is 121 Å². The third kappa shape index (κ3) is 2.31. The van der Waals surface area contributed by atoms with Gasteiger partial charge in [0, 0.05) is 12.2 Å². The van der Waals surface area contributed by atoms with Crippen molar-refractivity contribution in [1.29, 1.82) is 0 Å². The molecule has 1 aliphatic heterocycles. The second kappa shape index (κ2) is 5.09. The molecule has 108 valence electrons. The van der Waals surface area contributed by atoms with Crippen molar-refractivity contribution in [3.63, 3.8) is 0 Å². The summed E-state index contributed by atoms with van der Waals surface area (Å²) in [4.78, 5) is 14.3. The number of ether oxygens (including phenoxy) is 1. The number of nitrogens with two attached hydrogens (primary N) is 1. The molecule has 0 saturated heterocycles. The van der Waals surface area contributed by atoms with Crippen molar-refractivity contribution in [2.45, 2.75) is 6.42 Å². The summed E-state index contributed by atoms with van der Waals surface area (Å²) in [6.07, 6.45) is 0.714. The largest absolute Gasteiger partial charge is 0.496 e. The number of rotatable bonds is 2. The number of hydrogen-bond donors (Lipinski definition) is 1. The number of benzene rings is 2. The van der Waals surface area contributed by atoms with Crippen molar-refractivity contribution in [3.8, 4) is 5.75 Å². The van der Waals surface area contributed by atoms with Crippen molar-refractivity contribution in [2.75, 3.05) is 24.3 Å². The van der Waals surface area contributed by atoms with Crippen LogP contribution in [0.3, 0.4) is 0 Å². The molecule has 0 saturated carbocycles. The van der Waals surface area contributed by atoms with Crippen molar-refractivity contribution in [2.24, 2.45) is 0 Å². The molecule has 0 aliphatic carbocycles. The molecule has 1 amide bonds. The maximum atomic E-state index is 13.4. The zero-order valence-corrected chi connectivity index (χ0v) is 11.6. The van der Waals surface area contributed by atoms with E-state index in [1.165, 1.54) is 19.2 Å². The van der Waals surface area contributed by atoms with Crippen molar-refractivity contribution < 1.29 is 13.9 Å². The summed E-state index contributed by atoms with van der Waals surface area (Å²) in [5.74, 6) is -0.129. The van der Waals surface area contributed by atoms with Gasteiger partial charge in [-0.2, -0.15) is 0 Å². The smallest absolute Gasteiger partial charge is 0.262 e. The lowest BCUT2D eigenvalue weighted by atomic mass is 10.1. The number of methoxy groups -OCH3 is 1. The van der Waals surface area contributed by atoms with E-state index >= 15 is 0 Å². The van der Waals surface area contributed by atoms with Gasteiger partial charge in [-0.05, 0) is 42.3 Å². The second-order valence-corrected chi connectivity index (χ2v) is 4.94. The molecular formula is C16H15FN2O2. The highest BCUT2D eigenvalue weighted by molar-refractivity contribution is 6.09. The van der Waals surface area contributed by atoms with E-state index in [1.54, 1.807) is 29.2 Å². The lowest BCUT2D eigenvalue weighted by molar-refractivity contribution is 0.0986. The van der Waals surface area contributed by atoms with E-state index in [0.717, 1.165) is 5.56 Å². The third-order valence-corrected chi connectivity index (χ3v) is 3.64. The Morgan fingerprint density at radius 1 is 1.29 bits per heavy atom. The molecule has 4 nitrogen and oxygen atoms in total. The molecule has 3 rings (SSSR count). The van der Waals surface area contributed by atoms with Gasteiger partial charge in [0.25, 0.3) is 5.91 Å². The first-order chi connectivity index (χ1) is 10.1. The van der Waals surface area contributed by atoms with Crippen molar-refractivity contribution in [1.82, 2.24) is 0 Å². The van der Waals surface area contributed by atoms with E-state index < -0.39 is 0 Å². The third-order valence-electron chi connectivity index (χ3n) is 3.64. The lowest BCUT2D eigenvalue weighted by Gasteiger charge is -2.19. The first kappa shape index (κ1) is 13.4. The number of carbonyl (C=O) groups excluding carboxylic acids is 1. The monoisotopic (exact) mass is 286 g/mol. The predicted octanol–water partition coefficient (Wildman–Crippen LogP) is 2.62. The van der Waals surface area contributed by atoms with Crippen LogP contribution in [0.2, 0.25) is 0 Å². The topological polar surface area (TPSA) is 55.6 Å². The summed E-state index contributed by atoms with van der Waals surface area (Å²) in [7, 11) is 1.50. The molecule has 0 unspecified atom stereocenters. The van der Waals surface area contributed by atoms with Gasteiger partial charge >= 0.3 is 0 Å². The van der Waals surface area contributed by atoms with Crippen LogP contribution >= 0.6 is 0 Å². The summed E-state index contributed by atoms with van der Waals surface area (Å²) >= 11 is 0. The Hall–Kier alpha value is -2.56. The highest BCUT2D eigenvalue weighted by Crippen LogP contribution is 2.32. The number of halogens is 1. The van der Waals surface area contributed by atoms with Gasteiger partial charge < -0.3 is 15.4 Å². The maximum absolute atomic E-state index is 13.4. The van der Waals surface area contributed by atoms with Gasteiger partial charge in [0.15, 0.2) is 0 Å². The van der Waals surface area contributed by atoms with E-state index in [0.29, 0.717) is 35.7 Å². The standard InChI is InChI=1S/C16H15FN2O2/c1-21-15-5-4-12(18)9-13(15)16(20)19-7-6-10-2-3-11(17)8-14(10)19/h2-5,8-9H,6-7,18H2,1H3. The van der Waals surface area contributed by atoms with Gasteiger partial charge in [-0.3, -0.25) is 4.79 Å². The molecule has 0 fully saturated rings. The molecular weight excluding hydrogens is 271 g/mol. The number of fused-ring (bicyclic) bond motifs is 1. The van der Waals surface area contributed by atoms with Crippen LogP contribution in [-0.2, 0) is 6.42 Å². The van der Waals surface area contributed by atoms with Crippen molar-refractivity contribution >= 4 is 17.3 Å². The molecule has 0 spiro atoms. The van der Waals surface area contributed by atoms with Crippen molar-refractivity contribution in [3.05, 3.63) is 53.3 Å². The van der Waals surface area contributed by atoms with Crippen LogP contribution in [0.4, 0.5) is 15.8 Å². The highest BCUT2D eigenvalue weighted by atomic mass is 19.1. The quantitative estimate of drug-likeness (QED) is 0.863. The number of nitrogens with zero attached hydrogens (tertiary/aromatic N) is 1. The number of anilines is 2. The minimum atomic E-state index is -0.354. The van der Waals surface area contributed by atoms with Gasteiger partial charge in [-0.25, -0.2) is 4.39 Å². The SMILES string of the molecule is COc1ccc(N)cc1C(=O)N1CCc2ccc(F)cc21. The zero-order chi connectivity index (χ0) is 15.0. The minimum absolute atomic E-state index is 0.233. The number of hydrogen-bond acceptors (Lipinski definition) is 3. The fourth-order valence-corrected chi connectivity index (χ4v) is 2.60. The molecule has 0 atom stereocenters. The molecule has 1 heterocycles. The van der Waals surface area contributed by atoms with E-state index in [2.05, 4.69) is 0 Å². The maximum Gasteiger partial charge on any atom is 0.262 e. The number of amides is 1. The Kier molecular flexibility index (Phi) is 3.25. The Bertz CT molecular complexity index is 715. The van der Waals surface area contributed by atoms with Crippen LogP contribution < -0.4 is 15.4 Å². The van der Waals surface area contributed by atoms with Crippen LogP contribution in [0.25, 0.3) is 0 Å². The van der Waals surface area contributed by atoms with Gasteiger partial charge in [0.05, 0.1) is 18.4 Å². The Morgan fingerprint density at radius 2 is 2.10 bits per heavy atom. The molecule has 0 aromatic heterocycles. The average Bonchev–Trinajstić information content (AvgIpc) is 2.89. The van der Waals surface area contributed by atoms with Crippen LogP contribution in [0.15, 0.2) is 36.4 Å².